The molecule has 24 heavy (non-hydrogen) atoms. The Labute approximate surface area is 136 Å². The van der Waals surface area contributed by atoms with Crippen LogP contribution in [0.5, 0.6) is 5.75 Å². The van der Waals surface area contributed by atoms with Crippen LogP contribution in [0.4, 0.5) is 15.8 Å². The molecule has 2 aromatic carbocycles. The number of hydrogen-bond donors (Lipinski definition) is 1. The van der Waals surface area contributed by atoms with Gasteiger partial charge in [-0.1, -0.05) is 0 Å². The molecule has 1 amide bonds. The number of amides is 1. The molecule has 0 heterocycles. The second-order valence-corrected chi connectivity index (χ2v) is 4.85. The number of nitro benzene ring substituents is 1. The molecular weight excluding hydrogens is 319 g/mol. The molecule has 0 radical (unpaired) electrons. The standard InChI is InChI=1S/C16H13FN2O5/c1-10(16(21)18-13-4-2-12(17)3-5-13)24-15-7-6-14(19(22)23)8-11(15)9-20/h2-10H,1H3,(H,18,21)/t10-/m0/s1. The van der Waals surface area contributed by atoms with E-state index in [9.17, 15) is 24.1 Å². The Hall–Kier alpha value is -3.29. The van der Waals surface area contributed by atoms with E-state index in [-0.39, 0.29) is 17.0 Å². The summed E-state index contributed by atoms with van der Waals surface area (Å²) < 4.78 is 18.2. The van der Waals surface area contributed by atoms with Crippen molar-refractivity contribution in [1.82, 2.24) is 0 Å². The highest BCUT2D eigenvalue weighted by atomic mass is 19.1. The lowest BCUT2D eigenvalue weighted by molar-refractivity contribution is -0.384. The molecule has 8 heteroatoms. The number of nitro groups is 1. The molecule has 2 aromatic rings. The number of aldehydes is 1. The van der Waals surface area contributed by atoms with Crippen LogP contribution in [-0.2, 0) is 4.79 Å². The van der Waals surface area contributed by atoms with Gasteiger partial charge in [0.25, 0.3) is 11.6 Å². The third kappa shape index (κ3) is 4.13. The highest BCUT2D eigenvalue weighted by Crippen LogP contribution is 2.24. The Bertz CT molecular complexity index is 777. The summed E-state index contributed by atoms with van der Waals surface area (Å²) in [6.45, 7) is 1.45. The Kier molecular flexibility index (Phi) is 5.20. The van der Waals surface area contributed by atoms with Gasteiger partial charge in [0.2, 0.25) is 0 Å². The quantitative estimate of drug-likeness (QED) is 0.498. The molecule has 0 saturated heterocycles. The first-order chi connectivity index (χ1) is 11.4. The van der Waals surface area contributed by atoms with Crippen LogP contribution in [0, 0.1) is 15.9 Å². The molecule has 1 atom stereocenters. The summed E-state index contributed by atoms with van der Waals surface area (Å²) in [6, 6.07) is 8.67. The van der Waals surface area contributed by atoms with Crippen molar-refractivity contribution >= 4 is 23.6 Å². The first-order valence-corrected chi connectivity index (χ1v) is 6.87. The first kappa shape index (κ1) is 17.1. The van der Waals surface area contributed by atoms with E-state index < -0.39 is 22.8 Å². The number of halogens is 1. The number of carbonyl (C=O) groups is 2. The molecular formula is C16H13FN2O5. The Morgan fingerprint density at radius 3 is 2.54 bits per heavy atom. The van der Waals surface area contributed by atoms with Crippen molar-refractivity contribution in [2.24, 2.45) is 0 Å². The van der Waals surface area contributed by atoms with Gasteiger partial charge in [-0.25, -0.2) is 4.39 Å². The fraction of sp³-hybridized carbons (Fsp3) is 0.125. The number of hydrogen-bond acceptors (Lipinski definition) is 5. The maximum absolute atomic E-state index is 12.8. The average Bonchev–Trinajstić information content (AvgIpc) is 2.56. The zero-order chi connectivity index (χ0) is 17.7. The van der Waals surface area contributed by atoms with E-state index in [0.29, 0.717) is 12.0 Å². The van der Waals surface area contributed by atoms with E-state index in [1.54, 1.807) is 0 Å². The molecule has 2 rings (SSSR count). The van der Waals surface area contributed by atoms with Crippen LogP contribution in [0.1, 0.15) is 17.3 Å². The van der Waals surface area contributed by atoms with Gasteiger partial charge in [-0.3, -0.25) is 19.7 Å². The highest BCUT2D eigenvalue weighted by Gasteiger charge is 2.18. The minimum Gasteiger partial charge on any atom is -0.480 e. The second kappa shape index (κ2) is 7.32. The summed E-state index contributed by atoms with van der Waals surface area (Å²) >= 11 is 0. The third-order valence-corrected chi connectivity index (χ3v) is 3.12. The predicted octanol–water partition coefficient (Wildman–Crippen LogP) is 2.95. The van der Waals surface area contributed by atoms with Gasteiger partial charge in [-0.2, -0.15) is 0 Å². The lowest BCUT2D eigenvalue weighted by Gasteiger charge is -2.15. The molecule has 0 bridgehead atoms. The molecule has 0 fully saturated rings. The Balaban J connectivity index is 2.09. The monoisotopic (exact) mass is 332 g/mol. The van der Waals surface area contributed by atoms with Crippen LogP contribution in [0.25, 0.3) is 0 Å². The number of non-ortho nitro benzene ring substituents is 1. The van der Waals surface area contributed by atoms with Gasteiger partial charge in [0.1, 0.15) is 11.6 Å². The van der Waals surface area contributed by atoms with Gasteiger partial charge in [0.05, 0.1) is 10.5 Å². The van der Waals surface area contributed by atoms with Gasteiger partial charge in [-0.05, 0) is 37.3 Å². The van der Waals surface area contributed by atoms with Crippen LogP contribution in [0.15, 0.2) is 42.5 Å². The molecule has 7 nitrogen and oxygen atoms in total. The average molecular weight is 332 g/mol. The fourth-order valence-corrected chi connectivity index (χ4v) is 1.87. The summed E-state index contributed by atoms with van der Waals surface area (Å²) in [4.78, 5) is 33.1. The number of nitrogens with one attached hydrogen (secondary N) is 1. The van der Waals surface area contributed by atoms with E-state index in [1.807, 2.05) is 0 Å². The van der Waals surface area contributed by atoms with E-state index in [2.05, 4.69) is 5.32 Å². The summed E-state index contributed by atoms with van der Waals surface area (Å²) in [6.07, 6.45) is -0.567. The van der Waals surface area contributed by atoms with E-state index in [4.69, 9.17) is 4.74 Å². The van der Waals surface area contributed by atoms with Crippen LogP contribution in [-0.4, -0.2) is 23.2 Å². The number of rotatable bonds is 6. The molecule has 0 aliphatic carbocycles. The summed E-state index contributed by atoms with van der Waals surface area (Å²) in [5, 5.41) is 13.2. The van der Waals surface area contributed by atoms with Crippen LogP contribution in [0.3, 0.4) is 0 Å². The lowest BCUT2D eigenvalue weighted by atomic mass is 10.2. The predicted molar refractivity (Wildman–Crippen MR) is 83.6 cm³/mol. The van der Waals surface area contributed by atoms with E-state index >= 15 is 0 Å². The third-order valence-electron chi connectivity index (χ3n) is 3.12. The van der Waals surface area contributed by atoms with Crippen molar-refractivity contribution < 1.29 is 23.6 Å². The smallest absolute Gasteiger partial charge is 0.270 e. The number of anilines is 1. The van der Waals surface area contributed by atoms with Crippen LogP contribution in [0.2, 0.25) is 0 Å². The minimum absolute atomic E-state index is 0.0365. The minimum atomic E-state index is -0.977. The normalized spacial score (nSPS) is 11.4. The molecule has 124 valence electrons. The van der Waals surface area contributed by atoms with Gasteiger partial charge in [-0.15, -0.1) is 0 Å². The van der Waals surface area contributed by atoms with Gasteiger partial charge < -0.3 is 10.1 Å². The maximum atomic E-state index is 12.8. The lowest BCUT2D eigenvalue weighted by Crippen LogP contribution is -2.30. The molecule has 0 saturated carbocycles. The van der Waals surface area contributed by atoms with Crippen molar-refractivity contribution in [3.05, 3.63) is 64.0 Å². The van der Waals surface area contributed by atoms with Gasteiger partial charge in [0.15, 0.2) is 12.4 Å². The number of nitrogens with zero attached hydrogens (tertiary/aromatic N) is 1. The topological polar surface area (TPSA) is 98.5 Å². The van der Waals surface area contributed by atoms with E-state index in [0.717, 1.165) is 6.07 Å². The highest BCUT2D eigenvalue weighted by molar-refractivity contribution is 5.94. The molecule has 0 aliphatic heterocycles. The summed E-state index contributed by atoms with van der Waals surface area (Å²) in [5.74, 6) is -0.895. The molecule has 0 aromatic heterocycles. The fourth-order valence-electron chi connectivity index (χ4n) is 1.87. The van der Waals surface area contributed by atoms with Crippen LogP contribution < -0.4 is 10.1 Å². The van der Waals surface area contributed by atoms with Crippen LogP contribution >= 0.6 is 0 Å². The van der Waals surface area contributed by atoms with Crippen molar-refractivity contribution in [3.8, 4) is 5.75 Å². The van der Waals surface area contributed by atoms with E-state index in [1.165, 1.54) is 43.3 Å². The largest absolute Gasteiger partial charge is 0.480 e. The number of benzene rings is 2. The van der Waals surface area contributed by atoms with Crippen molar-refractivity contribution in [1.29, 1.82) is 0 Å². The van der Waals surface area contributed by atoms with Crippen molar-refractivity contribution in [2.45, 2.75) is 13.0 Å². The zero-order valence-electron chi connectivity index (χ0n) is 12.6. The summed E-state index contributed by atoms with van der Waals surface area (Å²) in [5.41, 5.74) is 0.0923. The maximum Gasteiger partial charge on any atom is 0.270 e. The van der Waals surface area contributed by atoms with Gasteiger partial charge in [0, 0.05) is 17.8 Å². The molecule has 1 N–H and O–H groups in total. The zero-order valence-corrected chi connectivity index (χ0v) is 12.6. The van der Waals surface area contributed by atoms with Gasteiger partial charge >= 0.3 is 0 Å². The molecule has 0 unspecified atom stereocenters. The SMILES string of the molecule is C[C@H](Oc1ccc([N+](=O)[O-])cc1C=O)C(=O)Nc1ccc(F)cc1. The number of ether oxygens (including phenoxy) is 1. The molecule has 0 aliphatic rings. The summed E-state index contributed by atoms with van der Waals surface area (Å²) in [7, 11) is 0. The van der Waals surface area contributed by atoms with Crippen molar-refractivity contribution in [3.63, 3.8) is 0 Å². The second-order valence-electron chi connectivity index (χ2n) is 4.85. The Morgan fingerprint density at radius 1 is 1.29 bits per heavy atom. The Morgan fingerprint density at radius 2 is 1.96 bits per heavy atom. The number of carbonyl (C=O) groups excluding carboxylic acids is 2. The molecule has 0 spiro atoms. The first-order valence-electron chi connectivity index (χ1n) is 6.87. The van der Waals surface area contributed by atoms with Crippen molar-refractivity contribution in [2.75, 3.05) is 5.32 Å².